The van der Waals surface area contributed by atoms with Crippen molar-refractivity contribution in [2.45, 2.75) is 38.8 Å². The maximum Gasteiger partial charge on any atom is 0.412 e. The number of carbonyl (C=O) groups excluding carboxylic acids is 1. The van der Waals surface area contributed by atoms with Gasteiger partial charge in [0, 0.05) is 24.4 Å². The Kier molecular flexibility index (Phi) is 5.34. The van der Waals surface area contributed by atoms with Crippen LogP contribution in [0.5, 0.6) is 11.6 Å². The van der Waals surface area contributed by atoms with Crippen molar-refractivity contribution in [1.29, 1.82) is 0 Å². The SMILES string of the molecule is CC(C)(C)OC(=O)Nc1cccc(Oc2cc(C3CCNN3)ncn2)c1. The molecule has 1 aliphatic rings. The number of hydrogen-bond donors (Lipinski definition) is 3. The van der Waals surface area contributed by atoms with E-state index in [-0.39, 0.29) is 6.04 Å². The summed E-state index contributed by atoms with van der Waals surface area (Å²) in [5.41, 5.74) is 7.12. The Bertz CT molecular complexity index is 769. The van der Waals surface area contributed by atoms with Crippen molar-refractivity contribution in [1.82, 2.24) is 20.8 Å². The topological polar surface area (TPSA) is 97.4 Å². The number of nitrogens with zero attached hydrogens (tertiary/aromatic N) is 2. The van der Waals surface area contributed by atoms with E-state index < -0.39 is 11.7 Å². The molecule has 138 valence electrons. The molecule has 1 aliphatic heterocycles. The van der Waals surface area contributed by atoms with Crippen LogP contribution in [0.1, 0.15) is 38.9 Å². The molecule has 1 fully saturated rings. The summed E-state index contributed by atoms with van der Waals surface area (Å²) in [4.78, 5) is 20.3. The second-order valence-electron chi connectivity index (χ2n) is 6.95. The fourth-order valence-corrected chi connectivity index (χ4v) is 2.49. The zero-order chi connectivity index (χ0) is 18.6. The number of aromatic nitrogens is 2. The van der Waals surface area contributed by atoms with Crippen molar-refractivity contribution in [3.8, 4) is 11.6 Å². The standard InChI is InChI=1S/C18H23N5O3/c1-18(2,3)26-17(24)22-12-5-4-6-13(9-12)25-16-10-15(19-11-20-16)14-7-8-21-23-14/h4-6,9-11,14,21,23H,7-8H2,1-3H3,(H,22,24). The summed E-state index contributed by atoms with van der Waals surface area (Å²) in [6.45, 7) is 6.33. The minimum absolute atomic E-state index is 0.139. The van der Waals surface area contributed by atoms with Crippen molar-refractivity contribution < 1.29 is 14.3 Å². The quantitative estimate of drug-likeness (QED) is 0.773. The molecule has 1 unspecified atom stereocenters. The van der Waals surface area contributed by atoms with Gasteiger partial charge < -0.3 is 9.47 Å². The average Bonchev–Trinajstić information content (AvgIpc) is 3.08. The molecular formula is C18H23N5O3. The molecule has 1 saturated heterocycles. The highest BCUT2D eigenvalue weighted by molar-refractivity contribution is 5.85. The molecule has 0 spiro atoms. The van der Waals surface area contributed by atoms with Crippen LogP contribution >= 0.6 is 0 Å². The molecule has 1 aromatic heterocycles. The summed E-state index contributed by atoms with van der Waals surface area (Å²) in [6.07, 6.45) is 1.91. The number of nitrogens with one attached hydrogen (secondary N) is 3. The van der Waals surface area contributed by atoms with Gasteiger partial charge in [-0.3, -0.25) is 10.7 Å². The maximum absolute atomic E-state index is 11.9. The van der Waals surface area contributed by atoms with Gasteiger partial charge in [-0.25, -0.2) is 20.2 Å². The van der Waals surface area contributed by atoms with Gasteiger partial charge in [-0.2, -0.15) is 0 Å². The minimum Gasteiger partial charge on any atom is -0.444 e. The first-order valence-corrected chi connectivity index (χ1v) is 8.47. The molecule has 2 aromatic rings. The van der Waals surface area contributed by atoms with Crippen LogP contribution in [0.3, 0.4) is 0 Å². The predicted octanol–water partition coefficient (Wildman–Crippen LogP) is 3.15. The van der Waals surface area contributed by atoms with Crippen LogP contribution in [-0.2, 0) is 4.74 Å². The van der Waals surface area contributed by atoms with Gasteiger partial charge in [0.25, 0.3) is 0 Å². The van der Waals surface area contributed by atoms with Crippen LogP contribution in [0.2, 0.25) is 0 Å². The zero-order valence-electron chi connectivity index (χ0n) is 15.1. The molecule has 1 amide bonds. The minimum atomic E-state index is -0.557. The van der Waals surface area contributed by atoms with E-state index in [2.05, 4.69) is 26.1 Å². The molecule has 8 heteroatoms. The zero-order valence-corrected chi connectivity index (χ0v) is 15.1. The van der Waals surface area contributed by atoms with E-state index in [9.17, 15) is 4.79 Å². The predicted molar refractivity (Wildman–Crippen MR) is 96.9 cm³/mol. The molecule has 3 N–H and O–H groups in total. The number of hydrazine groups is 1. The van der Waals surface area contributed by atoms with Crippen molar-refractivity contribution >= 4 is 11.8 Å². The van der Waals surface area contributed by atoms with E-state index >= 15 is 0 Å². The Morgan fingerprint density at radius 2 is 2.12 bits per heavy atom. The third-order valence-electron chi connectivity index (χ3n) is 3.56. The van der Waals surface area contributed by atoms with Gasteiger partial charge in [0.1, 0.15) is 17.7 Å². The van der Waals surface area contributed by atoms with Crippen LogP contribution in [0.15, 0.2) is 36.7 Å². The Hall–Kier alpha value is -2.71. The van der Waals surface area contributed by atoms with Gasteiger partial charge in [0.15, 0.2) is 0 Å². The molecule has 0 radical (unpaired) electrons. The molecule has 3 rings (SSSR count). The lowest BCUT2D eigenvalue weighted by molar-refractivity contribution is 0.0636. The number of rotatable bonds is 4. The van der Waals surface area contributed by atoms with Gasteiger partial charge >= 0.3 is 6.09 Å². The van der Waals surface area contributed by atoms with Crippen LogP contribution in [-0.4, -0.2) is 28.2 Å². The fraction of sp³-hybridized carbons (Fsp3) is 0.389. The molecule has 1 atom stereocenters. The van der Waals surface area contributed by atoms with Gasteiger partial charge in [-0.05, 0) is 39.3 Å². The van der Waals surface area contributed by atoms with Crippen LogP contribution in [0, 0.1) is 0 Å². The lowest BCUT2D eigenvalue weighted by atomic mass is 10.1. The molecular weight excluding hydrogens is 334 g/mol. The molecule has 0 bridgehead atoms. The average molecular weight is 357 g/mol. The normalized spacial score (nSPS) is 17.0. The van der Waals surface area contributed by atoms with Crippen LogP contribution in [0.25, 0.3) is 0 Å². The number of amides is 1. The maximum atomic E-state index is 11.9. The first-order valence-electron chi connectivity index (χ1n) is 8.47. The number of benzene rings is 1. The van der Waals surface area contributed by atoms with Crippen molar-refractivity contribution in [3.05, 3.63) is 42.4 Å². The van der Waals surface area contributed by atoms with E-state index in [1.807, 2.05) is 20.8 Å². The second kappa shape index (κ2) is 7.67. The summed E-state index contributed by atoms with van der Waals surface area (Å²) in [6, 6.07) is 8.99. The number of carbonyl (C=O) groups is 1. The van der Waals surface area contributed by atoms with Crippen molar-refractivity contribution in [2.75, 3.05) is 11.9 Å². The molecule has 8 nitrogen and oxygen atoms in total. The van der Waals surface area contributed by atoms with Gasteiger partial charge in [-0.15, -0.1) is 0 Å². The summed E-state index contributed by atoms with van der Waals surface area (Å²) >= 11 is 0. The fourth-order valence-electron chi connectivity index (χ4n) is 2.49. The van der Waals surface area contributed by atoms with E-state index in [1.165, 1.54) is 6.33 Å². The third kappa shape index (κ3) is 5.14. The van der Waals surface area contributed by atoms with E-state index in [0.29, 0.717) is 17.3 Å². The summed E-state index contributed by atoms with van der Waals surface area (Å²) in [7, 11) is 0. The number of ether oxygens (including phenoxy) is 2. The highest BCUT2D eigenvalue weighted by Crippen LogP contribution is 2.25. The highest BCUT2D eigenvalue weighted by Gasteiger charge is 2.18. The monoisotopic (exact) mass is 357 g/mol. The third-order valence-corrected chi connectivity index (χ3v) is 3.56. The van der Waals surface area contributed by atoms with Gasteiger partial charge in [-0.1, -0.05) is 6.07 Å². The molecule has 26 heavy (non-hydrogen) atoms. The molecule has 1 aromatic carbocycles. The van der Waals surface area contributed by atoms with Gasteiger partial charge in [0.05, 0.1) is 11.7 Å². The summed E-state index contributed by atoms with van der Waals surface area (Å²) < 4.78 is 11.1. The smallest absolute Gasteiger partial charge is 0.412 e. The Labute approximate surface area is 152 Å². The molecule has 0 saturated carbocycles. The lowest BCUT2D eigenvalue weighted by Crippen LogP contribution is -2.27. The van der Waals surface area contributed by atoms with E-state index in [0.717, 1.165) is 18.7 Å². The number of anilines is 1. The Morgan fingerprint density at radius 3 is 2.85 bits per heavy atom. The molecule has 0 aliphatic carbocycles. The van der Waals surface area contributed by atoms with Crippen molar-refractivity contribution in [3.63, 3.8) is 0 Å². The summed E-state index contributed by atoms with van der Waals surface area (Å²) in [5, 5.41) is 2.69. The van der Waals surface area contributed by atoms with Crippen LogP contribution in [0.4, 0.5) is 10.5 Å². The van der Waals surface area contributed by atoms with E-state index in [4.69, 9.17) is 9.47 Å². The van der Waals surface area contributed by atoms with Crippen molar-refractivity contribution in [2.24, 2.45) is 0 Å². The second-order valence-corrected chi connectivity index (χ2v) is 6.95. The van der Waals surface area contributed by atoms with Crippen LogP contribution < -0.4 is 20.9 Å². The first-order chi connectivity index (χ1) is 12.4. The van der Waals surface area contributed by atoms with E-state index in [1.54, 1.807) is 30.3 Å². The Morgan fingerprint density at radius 1 is 1.27 bits per heavy atom. The molecule has 2 heterocycles. The summed E-state index contributed by atoms with van der Waals surface area (Å²) in [5.74, 6) is 0.999. The number of hydrogen-bond acceptors (Lipinski definition) is 7. The first kappa shape index (κ1) is 18.1. The Balaban J connectivity index is 1.67. The largest absolute Gasteiger partial charge is 0.444 e. The lowest BCUT2D eigenvalue weighted by Gasteiger charge is -2.19. The van der Waals surface area contributed by atoms with Gasteiger partial charge in [0.2, 0.25) is 5.88 Å². The highest BCUT2D eigenvalue weighted by atomic mass is 16.6.